The van der Waals surface area contributed by atoms with Crippen molar-refractivity contribution < 1.29 is 9.47 Å². The molecule has 0 radical (unpaired) electrons. The summed E-state index contributed by atoms with van der Waals surface area (Å²) >= 11 is 0. The molecule has 0 bridgehead atoms. The van der Waals surface area contributed by atoms with Gasteiger partial charge in [-0.2, -0.15) is 4.98 Å². The molecule has 0 aromatic carbocycles. The lowest BCUT2D eigenvalue weighted by molar-refractivity contribution is 0.104. The molecule has 2 aromatic rings. The van der Waals surface area contributed by atoms with E-state index in [4.69, 9.17) is 15.2 Å². The third kappa shape index (κ3) is 2.93. The average Bonchev–Trinajstić information content (AvgIpc) is 2.70. The molecular weight excluding hydrogens is 246 g/mol. The molecule has 0 saturated heterocycles. The number of methoxy groups -OCH3 is 1. The molecule has 7 heteroatoms. The zero-order valence-corrected chi connectivity index (χ0v) is 11.5. The van der Waals surface area contributed by atoms with Gasteiger partial charge in [-0.15, -0.1) is 0 Å². The summed E-state index contributed by atoms with van der Waals surface area (Å²) < 4.78 is 12.5. The van der Waals surface area contributed by atoms with Crippen molar-refractivity contribution in [2.24, 2.45) is 5.92 Å². The van der Waals surface area contributed by atoms with Crippen LogP contribution in [-0.4, -0.2) is 39.8 Å². The number of aromatic nitrogens is 4. The van der Waals surface area contributed by atoms with Crippen LogP contribution in [0.2, 0.25) is 0 Å². The molecule has 0 atom stereocenters. The Balaban J connectivity index is 2.16. The van der Waals surface area contributed by atoms with Crippen LogP contribution in [0.3, 0.4) is 0 Å². The lowest BCUT2D eigenvalue weighted by Gasteiger charge is -2.08. The quantitative estimate of drug-likeness (QED) is 0.786. The summed E-state index contributed by atoms with van der Waals surface area (Å²) in [5.74, 6) is 1.33. The summed E-state index contributed by atoms with van der Waals surface area (Å²) in [5, 5.41) is 0. The first kappa shape index (κ1) is 13.5. The molecular formula is C12H19N5O2. The molecule has 0 fully saturated rings. The maximum Gasteiger partial charge on any atom is 0.245 e. The van der Waals surface area contributed by atoms with E-state index in [9.17, 15) is 0 Å². The highest BCUT2D eigenvalue weighted by Gasteiger charge is 2.14. The van der Waals surface area contributed by atoms with Gasteiger partial charge in [-0.1, -0.05) is 13.8 Å². The van der Waals surface area contributed by atoms with Crippen LogP contribution in [0.1, 0.15) is 13.8 Å². The average molecular weight is 265 g/mol. The lowest BCUT2D eigenvalue weighted by atomic mass is 10.2. The Morgan fingerprint density at radius 1 is 1.37 bits per heavy atom. The van der Waals surface area contributed by atoms with Gasteiger partial charge in [0.25, 0.3) is 0 Å². The van der Waals surface area contributed by atoms with E-state index in [1.165, 1.54) is 6.33 Å². The molecule has 0 spiro atoms. The molecule has 0 unspecified atom stereocenters. The highest BCUT2D eigenvalue weighted by Crippen LogP contribution is 2.22. The molecule has 2 aromatic heterocycles. The van der Waals surface area contributed by atoms with Crippen LogP contribution in [0, 0.1) is 5.92 Å². The second-order valence-corrected chi connectivity index (χ2v) is 4.65. The number of hydrogen-bond acceptors (Lipinski definition) is 6. The maximum atomic E-state index is 5.89. The minimum atomic E-state index is 0.391. The van der Waals surface area contributed by atoms with Gasteiger partial charge in [0.05, 0.1) is 20.3 Å². The molecule has 0 aliphatic carbocycles. The third-order valence-electron chi connectivity index (χ3n) is 2.63. The van der Waals surface area contributed by atoms with Crippen molar-refractivity contribution in [3.05, 3.63) is 6.33 Å². The predicted octanol–water partition coefficient (Wildman–Crippen LogP) is 1.09. The lowest BCUT2D eigenvalue weighted by Crippen LogP contribution is -2.11. The van der Waals surface area contributed by atoms with Crippen molar-refractivity contribution in [2.45, 2.75) is 20.4 Å². The van der Waals surface area contributed by atoms with E-state index in [1.807, 2.05) is 0 Å². The number of ether oxygens (including phenoxy) is 2. The second kappa shape index (κ2) is 5.83. The number of nitrogens with zero attached hydrogens (tertiary/aromatic N) is 4. The summed E-state index contributed by atoms with van der Waals surface area (Å²) in [4.78, 5) is 12.4. The van der Waals surface area contributed by atoms with Crippen LogP contribution in [0.25, 0.3) is 11.2 Å². The number of nitrogens with two attached hydrogens (primary N) is 1. The van der Waals surface area contributed by atoms with E-state index in [1.54, 1.807) is 11.7 Å². The number of anilines is 1. The largest absolute Gasteiger partial charge is 0.479 e. The van der Waals surface area contributed by atoms with Crippen molar-refractivity contribution in [2.75, 3.05) is 26.1 Å². The van der Waals surface area contributed by atoms with E-state index in [2.05, 4.69) is 28.8 Å². The Kier molecular flexibility index (Phi) is 4.16. The molecule has 0 aliphatic heterocycles. The highest BCUT2D eigenvalue weighted by molar-refractivity contribution is 5.78. The van der Waals surface area contributed by atoms with Crippen LogP contribution < -0.4 is 10.5 Å². The minimum Gasteiger partial charge on any atom is -0.479 e. The van der Waals surface area contributed by atoms with Crippen LogP contribution in [-0.2, 0) is 11.3 Å². The Labute approximate surface area is 111 Å². The monoisotopic (exact) mass is 265 g/mol. The summed E-state index contributed by atoms with van der Waals surface area (Å²) in [6, 6.07) is 0. The number of imidazole rings is 1. The first-order valence-corrected chi connectivity index (χ1v) is 6.22. The van der Waals surface area contributed by atoms with Crippen LogP contribution >= 0.6 is 0 Å². The summed E-state index contributed by atoms with van der Waals surface area (Å²) in [6.45, 7) is 6.12. The van der Waals surface area contributed by atoms with E-state index >= 15 is 0 Å². The molecule has 0 aliphatic rings. The smallest absolute Gasteiger partial charge is 0.245 e. The molecule has 0 saturated carbocycles. The van der Waals surface area contributed by atoms with E-state index in [0.717, 1.165) is 6.61 Å². The Morgan fingerprint density at radius 3 is 2.84 bits per heavy atom. The van der Waals surface area contributed by atoms with Crippen molar-refractivity contribution >= 4 is 17.1 Å². The summed E-state index contributed by atoms with van der Waals surface area (Å²) in [6.07, 6.45) is 1.44. The molecule has 2 heterocycles. The summed E-state index contributed by atoms with van der Waals surface area (Å²) in [7, 11) is 1.54. The third-order valence-corrected chi connectivity index (χ3v) is 2.63. The van der Waals surface area contributed by atoms with Crippen LogP contribution in [0.5, 0.6) is 5.88 Å². The zero-order chi connectivity index (χ0) is 13.8. The van der Waals surface area contributed by atoms with Crippen molar-refractivity contribution in [1.29, 1.82) is 0 Å². The van der Waals surface area contributed by atoms with Gasteiger partial charge < -0.3 is 15.2 Å². The number of rotatable bonds is 6. The van der Waals surface area contributed by atoms with Gasteiger partial charge in [0.15, 0.2) is 11.2 Å². The van der Waals surface area contributed by atoms with Crippen molar-refractivity contribution in [3.8, 4) is 5.88 Å². The molecule has 2 rings (SSSR count). The zero-order valence-electron chi connectivity index (χ0n) is 11.5. The molecule has 2 N–H and O–H groups in total. The Morgan fingerprint density at radius 2 is 2.16 bits per heavy atom. The van der Waals surface area contributed by atoms with E-state index in [0.29, 0.717) is 42.1 Å². The van der Waals surface area contributed by atoms with Crippen molar-refractivity contribution in [3.63, 3.8) is 0 Å². The Hall–Kier alpha value is -1.89. The van der Waals surface area contributed by atoms with Gasteiger partial charge in [-0.25, -0.2) is 9.97 Å². The standard InChI is InChI=1S/C12H19N5O2/c1-8(2)6-19-5-4-17-10-9(16-12(17)13)11(18-3)15-7-14-10/h7-8H,4-6H2,1-3H3,(H2,13,16). The maximum absolute atomic E-state index is 5.89. The predicted molar refractivity (Wildman–Crippen MR) is 71.9 cm³/mol. The van der Waals surface area contributed by atoms with Gasteiger partial charge in [-0.3, -0.25) is 4.57 Å². The van der Waals surface area contributed by atoms with Crippen LogP contribution in [0.15, 0.2) is 6.33 Å². The van der Waals surface area contributed by atoms with Gasteiger partial charge in [0.1, 0.15) is 6.33 Å². The molecule has 7 nitrogen and oxygen atoms in total. The molecule has 19 heavy (non-hydrogen) atoms. The fraction of sp³-hybridized carbons (Fsp3) is 0.583. The fourth-order valence-electron chi connectivity index (χ4n) is 1.78. The van der Waals surface area contributed by atoms with Gasteiger partial charge >= 0.3 is 0 Å². The normalized spacial score (nSPS) is 11.4. The second-order valence-electron chi connectivity index (χ2n) is 4.65. The molecule has 104 valence electrons. The van der Waals surface area contributed by atoms with E-state index < -0.39 is 0 Å². The Bertz CT molecular complexity index is 552. The first-order valence-electron chi connectivity index (χ1n) is 6.22. The summed E-state index contributed by atoms with van der Waals surface area (Å²) in [5.41, 5.74) is 7.13. The minimum absolute atomic E-state index is 0.391. The SMILES string of the molecule is COc1ncnc2c1nc(N)n2CCOCC(C)C. The van der Waals surface area contributed by atoms with Gasteiger partial charge in [-0.05, 0) is 5.92 Å². The number of nitrogen functional groups attached to an aromatic ring is 1. The first-order chi connectivity index (χ1) is 9.13. The number of fused-ring (bicyclic) bond motifs is 1. The highest BCUT2D eigenvalue weighted by atomic mass is 16.5. The van der Waals surface area contributed by atoms with Crippen LogP contribution in [0.4, 0.5) is 5.95 Å². The number of hydrogen-bond donors (Lipinski definition) is 1. The van der Waals surface area contributed by atoms with Crippen molar-refractivity contribution in [1.82, 2.24) is 19.5 Å². The topological polar surface area (TPSA) is 88.1 Å². The molecule has 0 amide bonds. The van der Waals surface area contributed by atoms with Gasteiger partial charge in [0, 0.05) is 6.61 Å². The van der Waals surface area contributed by atoms with Gasteiger partial charge in [0.2, 0.25) is 11.8 Å². The van der Waals surface area contributed by atoms with E-state index in [-0.39, 0.29) is 0 Å². The fourth-order valence-corrected chi connectivity index (χ4v) is 1.78.